The van der Waals surface area contributed by atoms with Crippen LogP contribution in [0.3, 0.4) is 0 Å². The molecule has 0 aliphatic carbocycles. The van der Waals surface area contributed by atoms with Gasteiger partial charge in [0.05, 0.1) is 24.7 Å². The van der Waals surface area contributed by atoms with Crippen molar-refractivity contribution in [2.45, 2.75) is 84.4 Å². The Morgan fingerprint density at radius 3 is 2.46 bits per heavy atom. The topological polar surface area (TPSA) is 187 Å². The van der Waals surface area contributed by atoms with Crippen LogP contribution >= 0.6 is 0 Å². The number of rotatable bonds is 18. The first-order chi connectivity index (χ1) is 21.8. The molecular formula is C32H44N2O12. The first kappa shape index (κ1) is 36.5. The van der Waals surface area contributed by atoms with Gasteiger partial charge in [0, 0.05) is 56.1 Å². The van der Waals surface area contributed by atoms with Crippen LogP contribution < -0.4 is 14.8 Å². The van der Waals surface area contributed by atoms with E-state index in [4.69, 9.17) is 23.7 Å². The minimum atomic E-state index is -1.22. The number of hydrogen-bond donors (Lipinski definition) is 3. The highest BCUT2D eigenvalue weighted by atomic mass is 16.7. The molecule has 2 aliphatic heterocycles. The summed E-state index contributed by atoms with van der Waals surface area (Å²) in [6, 6.07) is 4.90. The fraction of sp³-hybridized carbons (Fsp3) is 0.594. The van der Waals surface area contributed by atoms with E-state index < -0.39 is 35.9 Å². The summed E-state index contributed by atoms with van der Waals surface area (Å²) in [6.45, 7) is 6.47. The van der Waals surface area contributed by atoms with Crippen LogP contribution in [0.1, 0.15) is 64.9 Å². The molecule has 2 unspecified atom stereocenters. The van der Waals surface area contributed by atoms with Gasteiger partial charge in [-0.1, -0.05) is 6.42 Å². The van der Waals surface area contributed by atoms with Crippen LogP contribution in [0.5, 0.6) is 11.5 Å². The van der Waals surface area contributed by atoms with E-state index in [1.54, 1.807) is 39.0 Å². The molecule has 3 atom stereocenters. The zero-order chi connectivity index (χ0) is 33.7. The second-order valence-electron chi connectivity index (χ2n) is 12.0. The van der Waals surface area contributed by atoms with E-state index in [1.165, 1.54) is 17.1 Å². The normalized spacial score (nSPS) is 19.7. The smallest absolute Gasteiger partial charge is 0.333 e. The number of ether oxygens (including phenoxy) is 5. The summed E-state index contributed by atoms with van der Waals surface area (Å²) in [6.07, 6.45) is 1.65. The summed E-state index contributed by atoms with van der Waals surface area (Å²) in [5.41, 5.74) is -0.210. The van der Waals surface area contributed by atoms with Gasteiger partial charge in [-0.2, -0.15) is 0 Å². The van der Waals surface area contributed by atoms with Crippen molar-refractivity contribution in [1.82, 2.24) is 10.2 Å². The predicted molar refractivity (Wildman–Crippen MR) is 162 cm³/mol. The molecule has 0 aromatic heterocycles. The molecule has 2 aliphatic rings. The molecule has 3 amide bonds. The summed E-state index contributed by atoms with van der Waals surface area (Å²) in [5.74, 6) is -1.66. The van der Waals surface area contributed by atoms with Crippen LogP contribution in [0, 0.1) is 5.41 Å². The number of nitrogens with zero attached hydrogens (tertiary/aromatic N) is 1. The van der Waals surface area contributed by atoms with Crippen molar-refractivity contribution in [2.24, 2.45) is 5.41 Å². The summed E-state index contributed by atoms with van der Waals surface area (Å²) in [5, 5.41) is 22.2. The zero-order valence-corrected chi connectivity index (χ0v) is 26.5. The van der Waals surface area contributed by atoms with Crippen LogP contribution in [0.4, 0.5) is 0 Å². The van der Waals surface area contributed by atoms with Gasteiger partial charge >= 0.3 is 11.9 Å². The minimum absolute atomic E-state index is 0.0522. The van der Waals surface area contributed by atoms with E-state index in [0.29, 0.717) is 50.1 Å². The number of aliphatic hydroxyl groups excluding tert-OH is 1. The largest absolute Gasteiger partial charge is 0.491 e. The van der Waals surface area contributed by atoms with Crippen molar-refractivity contribution in [3.8, 4) is 11.5 Å². The van der Waals surface area contributed by atoms with Gasteiger partial charge in [0.1, 0.15) is 24.7 Å². The Morgan fingerprint density at radius 1 is 1.02 bits per heavy atom. The van der Waals surface area contributed by atoms with Crippen LogP contribution in [0.15, 0.2) is 30.4 Å². The molecule has 1 saturated heterocycles. The van der Waals surface area contributed by atoms with Gasteiger partial charge in [-0.15, -0.1) is 0 Å². The van der Waals surface area contributed by atoms with Gasteiger partial charge in [0.2, 0.25) is 12.2 Å². The Balaban J connectivity index is 1.38. The Morgan fingerprint density at radius 2 is 1.76 bits per heavy atom. The monoisotopic (exact) mass is 648 g/mol. The predicted octanol–water partition coefficient (Wildman–Crippen LogP) is 2.10. The fourth-order valence-electron chi connectivity index (χ4n) is 4.51. The van der Waals surface area contributed by atoms with E-state index in [-0.39, 0.29) is 62.7 Å². The van der Waals surface area contributed by atoms with E-state index in [1.807, 2.05) is 0 Å². The second kappa shape index (κ2) is 17.6. The van der Waals surface area contributed by atoms with Gasteiger partial charge in [-0.05, 0) is 45.7 Å². The summed E-state index contributed by atoms with van der Waals surface area (Å²) in [4.78, 5) is 60.0. The minimum Gasteiger partial charge on any atom is -0.491 e. The van der Waals surface area contributed by atoms with Crippen molar-refractivity contribution in [3.05, 3.63) is 35.9 Å². The van der Waals surface area contributed by atoms with Crippen molar-refractivity contribution in [2.75, 3.05) is 32.9 Å². The maximum absolute atomic E-state index is 12.3. The number of hydrogen-bond acceptors (Lipinski definition) is 11. The lowest BCUT2D eigenvalue weighted by atomic mass is 9.97. The molecule has 1 aromatic carbocycles. The molecule has 0 spiro atoms. The van der Waals surface area contributed by atoms with Gasteiger partial charge in [0.15, 0.2) is 6.10 Å². The number of aliphatic carboxylic acids is 1. The molecule has 0 saturated carbocycles. The number of carbonyl (C=O) groups is 5. The highest BCUT2D eigenvalue weighted by molar-refractivity contribution is 6.12. The van der Waals surface area contributed by atoms with Gasteiger partial charge < -0.3 is 39.2 Å². The third kappa shape index (κ3) is 12.1. The molecule has 254 valence electrons. The lowest BCUT2D eigenvalue weighted by Gasteiger charge is -2.31. The average Bonchev–Trinajstić information content (AvgIpc) is 3.31. The molecule has 14 heteroatoms. The van der Waals surface area contributed by atoms with Gasteiger partial charge in [-0.3, -0.25) is 24.1 Å². The number of amides is 3. The number of carbonyl (C=O) groups excluding carboxylic acids is 4. The quantitative estimate of drug-likeness (QED) is 0.120. The number of unbranched alkanes of at least 4 members (excludes halogenated alkanes) is 2. The molecule has 1 aromatic rings. The molecule has 2 heterocycles. The molecule has 1 fully saturated rings. The SMILES string of the molecule is CC(C)(C)C(=O)OCc1ccc(OCCOCCNC(=O)CCCCCN2C(=O)C=CC2=O)cc1OC1C[C@@H](O)CC(C(=O)O)O1. The first-order valence-corrected chi connectivity index (χ1v) is 15.4. The summed E-state index contributed by atoms with van der Waals surface area (Å²) < 4.78 is 28.2. The first-order valence-electron chi connectivity index (χ1n) is 15.4. The molecule has 3 N–H and O–H groups in total. The zero-order valence-electron chi connectivity index (χ0n) is 26.5. The molecular weight excluding hydrogens is 604 g/mol. The Bertz CT molecular complexity index is 1240. The number of aliphatic hydroxyl groups is 1. The maximum Gasteiger partial charge on any atom is 0.333 e. The summed E-state index contributed by atoms with van der Waals surface area (Å²) >= 11 is 0. The van der Waals surface area contributed by atoms with Gasteiger partial charge in [-0.25, -0.2) is 4.79 Å². The lowest BCUT2D eigenvalue weighted by molar-refractivity contribution is -0.195. The van der Waals surface area contributed by atoms with E-state index in [0.717, 1.165) is 0 Å². The maximum atomic E-state index is 12.3. The molecule has 3 rings (SSSR count). The number of carboxylic acids is 1. The standard InChI is InChI=1S/C32H44N2O12/c1-32(2,3)31(41)44-20-21-8-9-23(19-24(21)45-29-18-22(35)17-25(46-29)30(39)40)43-16-15-42-14-12-33-26(36)7-5-4-6-13-34-27(37)10-11-28(34)38/h8-11,19,22,25,29,35H,4-7,12-18,20H2,1-3H3,(H,33,36)(H,39,40)/t22-,25?,29?/m0/s1. The average molecular weight is 649 g/mol. The molecule has 0 radical (unpaired) electrons. The highest BCUT2D eigenvalue weighted by Crippen LogP contribution is 2.30. The van der Waals surface area contributed by atoms with Crippen molar-refractivity contribution >= 4 is 29.7 Å². The third-order valence-electron chi connectivity index (χ3n) is 7.06. The lowest BCUT2D eigenvalue weighted by Crippen LogP contribution is -2.42. The van der Waals surface area contributed by atoms with Crippen molar-refractivity contribution in [1.29, 1.82) is 0 Å². The Labute approximate surface area is 267 Å². The summed E-state index contributed by atoms with van der Waals surface area (Å²) in [7, 11) is 0. The van der Waals surface area contributed by atoms with E-state index in [2.05, 4.69) is 5.32 Å². The molecule has 0 bridgehead atoms. The fourth-order valence-corrected chi connectivity index (χ4v) is 4.51. The third-order valence-corrected chi connectivity index (χ3v) is 7.06. The van der Waals surface area contributed by atoms with E-state index >= 15 is 0 Å². The van der Waals surface area contributed by atoms with Crippen LogP contribution in [0.25, 0.3) is 0 Å². The highest BCUT2D eigenvalue weighted by Gasteiger charge is 2.34. The van der Waals surface area contributed by atoms with Crippen LogP contribution in [0.2, 0.25) is 0 Å². The number of carboxylic acid groups (broad SMARTS) is 1. The number of imide groups is 1. The number of benzene rings is 1. The van der Waals surface area contributed by atoms with Crippen molar-refractivity contribution in [3.63, 3.8) is 0 Å². The van der Waals surface area contributed by atoms with Gasteiger partial charge in [0.25, 0.3) is 11.8 Å². The van der Waals surface area contributed by atoms with Crippen molar-refractivity contribution < 1.29 is 57.9 Å². The number of nitrogens with one attached hydrogen (secondary N) is 1. The Kier molecular flexibility index (Phi) is 14.0. The molecule has 46 heavy (non-hydrogen) atoms. The Hall–Kier alpha value is -4.01. The van der Waals surface area contributed by atoms with E-state index in [9.17, 15) is 34.2 Å². The second-order valence-corrected chi connectivity index (χ2v) is 12.0. The van der Waals surface area contributed by atoms with Crippen LogP contribution in [-0.2, 0) is 44.8 Å². The molecule has 14 nitrogen and oxygen atoms in total. The number of esters is 1. The van der Waals surface area contributed by atoms with Crippen LogP contribution in [-0.4, -0.2) is 96.2 Å².